The Hall–Kier alpha value is -1.35. The summed E-state index contributed by atoms with van der Waals surface area (Å²) in [6.45, 7) is 5.60. The Bertz CT molecular complexity index is 517. The van der Waals surface area contributed by atoms with Gasteiger partial charge in [-0.3, -0.25) is 4.79 Å². The van der Waals surface area contributed by atoms with E-state index < -0.39 is 5.41 Å². The highest BCUT2D eigenvalue weighted by Gasteiger charge is 2.50. The van der Waals surface area contributed by atoms with E-state index >= 15 is 0 Å². The number of fused-ring (bicyclic) bond motifs is 1. The van der Waals surface area contributed by atoms with Gasteiger partial charge in [0.2, 0.25) is 5.91 Å². The van der Waals surface area contributed by atoms with Crippen molar-refractivity contribution < 1.29 is 4.79 Å². The first-order valence-electron chi connectivity index (χ1n) is 7.12. The molecule has 1 heterocycles. The van der Waals surface area contributed by atoms with Crippen LogP contribution in [0.2, 0.25) is 0 Å². The lowest BCUT2D eigenvalue weighted by atomic mass is 9.86. The van der Waals surface area contributed by atoms with Crippen LogP contribution in [-0.2, 0) is 10.2 Å². The average Bonchev–Trinajstić information content (AvgIpc) is 3.12. The second-order valence-corrected chi connectivity index (χ2v) is 6.57. The van der Waals surface area contributed by atoms with E-state index in [1.807, 2.05) is 30.9 Å². The Kier molecular flexibility index (Phi) is 2.72. The van der Waals surface area contributed by atoms with Gasteiger partial charge in [-0.1, -0.05) is 18.2 Å². The summed E-state index contributed by atoms with van der Waals surface area (Å²) < 4.78 is 0. The molecule has 0 bridgehead atoms. The maximum absolute atomic E-state index is 12.7. The third kappa shape index (κ3) is 1.88. The Labute approximate surface area is 114 Å². The fourth-order valence-corrected chi connectivity index (χ4v) is 3.26. The molecule has 0 unspecified atom stereocenters. The van der Waals surface area contributed by atoms with Crippen molar-refractivity contribution in [2.75, 3.05) is 18.0 Å². The lowest BCUT2D eigenvalue weighted by Crippen LogP contribution is -2.40. The summed E-state index contributed by atoms with van der Waals surface area (Å²) in [5.41, 5.74) is 7.86. The Morgan fingerprint density at radius 1 is 1.26 bits per heavy atom. The largest absolute Gasteiger partial charge is 0.330 e. The summed E-state index contributed by atoms with van der Waals surface area (Å²) in [5, 5.41) is 0. The van der Waals surface area contributed by atoms with Gasteiger partial charge in [-0.05, 0) is 56.7 Å². The highest BCUT2D eigenvalue weighted by Crippen LogP contribution is 2.52. The standard InChI is InChI=1S/C16H22N2O/c1-15(2)12-5-3-4-6-13(12)18(14(15)19)11-16(7-8-16)9-10-17/h3-6H,7-11,17H2,1-2H3. The van der Waals surface area contributed by atoms with Crippen LogP contribution in [0.15, 0.2) is 24.3 Å². The van der Waals surface area contributed by atoms with Crippen LogP contribution in [0.3, 0.4) is 0 Å². The number of para-hydroxylation sites is 1. The summed E-state index contributed by atoms with van der Waals surface area (Å²) in [6.07, 6.45) is 3.44. The van der Waals surface area contributed by atoms with Gasteiger partial charge in [0.1, 0.15) is 0 Å². The molecule has 1 saturated carbocycles. The molecule has 19 heavy (non-hydrogen) atoms. The number of nitrogens with zero attached hydrogens (tertiary/aromatic N) is 1. The Balaban J connectivity index is 1.93. The maximum Gasteiger partial charge on any atom is 0.237 e. The molecule has 0 saturated heterocycles. The van der Waals surface area contributed by atoms with Crippen LogP contribution in [0.4, 0.5) is 5.69 Å². The Morgan fingerprint density at radius 2 is 1.95 bits per heavy atom. The van der Waals surface area contributed by atoms with Gasteiger partial charge in [-0.15, -0.1) is 0 Å². The molecule has 0 radical (unpaired) electrons. The fraction of sp³-hybridized carbons (Fsp3) is 0.562. The molecule has 1 aromatic rings. The van der Waals surface area contributed by atoms with Crippen molar-refractivity contribution in [1.29, 1.82) is 0 Å². The van der Waals surface area contributed by atoms with Crippen molar-refractivity contribution in [3.05, 3.63) is 29.8 Å². The molecular weight excluding hydrogens is 236 g/mol. The predicted octanol–water partition coefficient (Wildman–Crippen LogP) is 2.44. The second kappa shape index (κ2) is 4.07. The van der Waals surface area contributed by atoms with Crippen molar-refractivity contribution >= 4 is 11.6 Å². The SMILES string of the molecule is CC1(C)C(=O)N(CC2(CCN)CC2)c2ccccc21. The normalized spacial score (nSPS) is 22.5. The van der Waals surface area contributed by atoms with Gasteiger partial charge in [0.05, 0.1) is 5.41 Å². The lowest BCUT2D eigenvalue weighted by molar-refractivity contribution is -0.122. The number of carbonyl (C=O) groups is 1. The van der Waals surface area contributed by atoms with Gasteiger partial charge in [-0.25, -0.2) is 0 Å². The molecule has 1 amide bonds. The van der Waals surface area contributed by atoms with Crippen molar-refractivity contribution in [1.82, 2.24) is 0 Å². The molecule has 3 rings (SSSR count). The topological polar surface area (TPSA) is 46.3 Å². The third-order valence-corrected chi connectivity index (χ3v) is 4.77. The molecule has 1 aliphatic heterocycles. The number of benzene rings is 1. The van der Waals surface area contributed by atoms with Crippen molar-refractivity contribution in [3.8, 4) is 0 Å². The number of rotatable bonds is 4. The van der Waals surface area contributed by atoms with Crippen molar-refractivity contribution in [3.63, 3.8) is 0 Å². The molecule has 0 aromatic heterocycles. The average molecular weight is 258 g/mol. The zero-order chi connectivity index (χ0) is 13.7. The lowest BCUT2D eigenvalue weighted by Gasteiger charge is -2.25. The van der Waals surface area contributed by atoms with Crippen LogP contribution in [-0.4, -0.2) is 19.0 Å². The van der Waals surface area contributed by atoms with Crippen LogP contribution in [0.25, 0.3) is 0 Å². The molecule has 2 aliphatic rings. The van der Waals surface area contributed by atoms with E-state index in [0.717, 1.165) is 24.2 Å². The van der Waals surface area contributed by atoms with Crippen LogP contribution in [0.5, 0.6) is 0 Å². The minimum absolute atomic E-state index is 0.233. The van der Waals surface area contributed by atoms with E-state index in [-0.39, 0.29) is 11.3 Å². The first kappa shape index (κ1) is 12.7. The smallest absolute Gasteiger partial charge is 0.237 e. The number of hydrogen-bond acceptors (Lipinski definition) is 2. The first-order chi connectivity index (χ1) is 9.00. The zero-order valence-corrected chi connectivity index (χ0v) is 11.8. The molecule has 1 aromatic carbocycles. The van der Waals surface area contributed by atoms with E-state index in [0.29, 0.717) is 6.54 Å². The number of carbonyl (C=O) groups excluding carboxylic acids is 1. The van der Waals surface area contributed by atoms with E-state index in [1.165, 1.54) is 12.8 Å². The van der Waals surface area contributed by atoms with Crippen LogP contribution in [0.1, 0.15) is 38.7 Å². The molecule has 0 atom stereocenters. The van der Waals surface area contributed by atoms with Crippen LogP contribution < -0.4 is 10.6 Å². The molecule has 1 aliphatic carbocycles. The van der Waals surface area contributed by atoms with Crippen LogP contribution >= 0.6 is 0 Å². The van der Waals surface area contributed by atoms with Gasteiger partial charge < -0.3 is 10.6 Å². The van der Waals surface area contributed by atoms with Gasteiger partial charge >= 0.3 is 0 Å². The van der Waals surface area contributed by atoms with Gasteiger partial charge in [0.25, 0.3) is 0 Å². The van der Waals surface area contributed by atoms with E-state index in [4.69, 9.17) is 5.73 Å². The summed E-state index contributed by atoms with van der Waals surface area (Å²) >= 11 is 0. The molecule has 3 heteroatoms. The highest BCUT2D eigenvalue weighted by molar-refractivity contribution is 6.07. The van der Waals surface area contributed by atoms with Crippen molar-refractivity contribution in [2.24, 2.45) is 11.1 Å². The zero-order valence-electron chi connectivity index (χ0n) is 11.8. The first-order valence-corrected chi connectivity index (χ1v) is 7.12. The molecule has 3 nitrogen and oxygen atoms in total. The van der Waals surface area contributed by atoms with E-state index in [9.17, 15) is 4.79 Å². The van der Waals surface area contributed by atoms with Gasteiger partial charge in [0.15, 0.2) is 0 Å². The molecule has 102 valence electrons. The molecule has 0 spiro atoms. The number of nitrogens with two attached hydrogens (primary N) is 1. The fourth-order valence-electron chi connectivity index (χ4n) is 3.26. The molecule has 1 fully saturated rings. The highest BCUT2D eigenvalue weighted by atomic mass is 16.2. The maximum atomic E-state index is 12.7. The summed E-state index contributed by atoms with van der Waals surface area (Å²) in [4.78, 5) is 14.7. The van der Waals surface area contributed by atoms with Gasteiger partial charge in [-0.2, -0.15) is 0 Å². The second-order valence-electron chi connectivity index (χ2n) is 6.57. The molecular formula is C16H22N2O. The quantitative estimate of drug-likeness (QED) is 0.901. The van der Waals surface area contributed by atoms with Gasteiger partial charge in [0, 0.05) is 12.2 Å². The van der Waals surface area contributed by atoms with E-state index in [2.05, 4.69) is 12.1 Å². The molecule has 2 N–H and O–H groups in total. The summed E-state index contributed by atoms with van der Waals surface area (Å²) in [7, 11) is 0. The summed E-state index contributed by atoms with van der Waals surface area (Å²) in [5.74, 6) is 0.233. The third-order valence-electron chi connectivity index (χ3n) is 4.77. The van der Waals surface area contributed by atoms with Crippen molar-refractivity contribution in [2.45, 2.75) is 38.5 Å². The van der Waals surface area contributed by atoms with E-state index in [1.54, 1.807) is 0 Å². The predicted molar refractivity (Wildman–Crippen MR) is 77.2 cm³/mol. The number of anilines is 1. The summed E-state index contributed by atoms with van der Waals surface area (Å²) in [6, 6.07) is 8.18. The minimum atomic E-state index is -0.393. The minimum Gasteiger partial charge on any atom is -0.330 e. The number of hydrogen-bond donors (Lipinski definition) is 1. The monoisotopic (exact) mass is 258 g/mol. The Morgan fingerprint density at radius 3 is 2.58 bits per heavy atom. The number of amides is 1. The van der Waals surface area contributed by atoms with Crippen LogP contribution in [0, 0.1) is 5.41 Å².